The van der Waals surface area contributed by atoms with Crippen LogP contribution in [0.25, 0.3) is 22.3 Å². The van der Waals surface area contributed by atoms with Crippen LogP contribution in [0.1, 0.15) is 15.9 Å². The number of benzene rings is 2. The highest BCUT2D eigenvalue weighted by Crippen LogP contribution is 2.28. The minimum atomic E-state index is -0.924. The van der Waals surface area contributed by atoms with Gasteiger partial charge >= 0.3 is 5.97 Å². The molecule has 0 saturated heterocycles. The third-order valence-electron chi connectivity index (χ3n) is 3.09. The van der Waals surface area contributed by atoms with Crippen molar-refractivity contribution in [1.29, 1.82) is 0 Å². The number of fused-ring (bicyclic) bond motifs is 1. The zero-order valence-corrected chi connectivity index (χ0v) is 10.4. The van der Waals surface area contributed by atoms with E-state index in [1.807, 2.05) is 31.2 Å². The fourth-order valence-corrected chi connectivity index (χ4v) is 2.06. The Kier molecular flexibility index (Phi) is 2.60. The number of carboxylic acids is 1. The summed E-state index contributed by atoms with van der Waals surface area (Å²) < 4.78 is 5.79. The SMILES string of the molecule is Cc1ccc2cc(-c3ccc(C(=O)O)cc3)oc2c1. The molecule has 0 saturated carbocycles. The smallest absolute Gasteiger partial charge is 0.335 e. The molecule has 0 unspecified atom stereocenters. The Bertz CT molecular complexity index is 751. The second-order valence-corrected chi connectivity index (χ2v) is 4.53. The van der Waals surface area contributed by atoms with Crippen LogP contribution in [0, 0.1) is 6.92 Å². The van der Waals surface area contributed by atoms with Crippen LogP contribution in [0.15, 0.2) is 52.9 Å². The van der Waals surface area contributed by atoms with E-state index in [0.717, 1.165) is 27.9 Å². The van der Waals surface area contributed by atoms with Crippen LogP contribution in [-0.2, 0) is 0 Å². The maximum absolute atomic E-state index is 10.8. The first kappa shape index (κ1) is 11.5. The van der Waals surface area contributed by atoms with Gasteiger partial charge in [-0.05, 0) is 36.8 Å². The number of carboxylic acid groups (broad SMARTS) is 1. The lowest BCUT2D eigenvalue weighted by atomic mass is 10.1. The number of hydrogen-bond acceptors (Lipinski definition) is 2. The van der Waals surface area contributed by atoms with E-state index < -0.39 is 5.97 Å². The standard InChI is InChI=1S/C16H12O3/c1-10-2-3-13-9-15(19-14(13)8-10)11-4-6-12(7-5-11)16(17)18/h2-9H,1H3,(H,17,18). The Balaban J connectivity index is 2.06. The highest BCUT2D eigenvalue weighted by molar-refractivity contribution is 5.89. The fourth-order valence-electron chi connectivity index (χ4n) is 2.06. The third kappa shape index (κ3) is 2.10. The quantitative estimate of drug-likeness (QED) is 0.746. The molecule has 2 aromatic carbocycles. The van der Waals surface area contributed by atoms with Crippen molar-refractivity contribution in [3.8, 4) is 11.3 Å². The predicted octanol–water partition coefficient (Wildman–Crippen LogP) is 4.11. The first-order chi connectivity index (χ1) is 9.13. The van der Waals surface area contributed by atoms with Crippen LogP contribution < -0.4 is 0 Å². The first-order valence-corrected chi connectivity index (χ1v) is 5.97. The molecule has 0 aliphatic rings. The number of hydrogen-bond donors (Lipinski definition) is 1. The lowest BCUT2D eigenvalue weighted by Gasteiger charge is -1.97. The third-order valence-corrected chi connectivity index (χ3v) is 3.09. The van der Waals surface area contributed by atoms with E-state index in [-0.39, 0.29) is 5.56 Å². The van der Waals surface area contributed by atoms with Crippen molar-refractivity contribution in [1.82, 2.24) is 0 Å². The zero-order chi connectivity index (χ0) is 13.4. The summed E-state index contributed by atoms with van der Waals surface area (Å²) in [5.41, 5.74) is 3.14. The van der Waals surface area contributed by atoms with Gasteiger partial charge in [0.2, 0.25) is 0 Å². The van der Waals surface area contributed by atoms with Gasteiger partial charge in [0, 0.05) is 10.9 Å². The number of aromatic carboxylic acids is 1. The Morgan fingerprint density at radius 2 is 1.79 bits per heavy atom. The van der Waals surface area contributed by atoms with Crippen LogP contribution in [0.5, 0.6) is 0 Å². The number of carbonyl (C=O) groups is 1. The molecule has 0 aliphatic carbocycles. The number of rotatable bonds is 2. The monoisotopic (exact) mass is 252 g/mol. The van der Waals surface area contributed by atoms with Crippen molar-refractivity contribution >= 4 is 16.9 Å². The van der Waals surface area contributed by atoms with E-state index in [9.17, 15) is 4.79 Å². The summed E-state index contributed by atoms with van der Waals surface area (Å²) in [6.45, 7) is 2.02. The maximum atomic E-state index is 10.8. The van der Waals surface area contributed by atoms with E-state index in [0.29, 0.717) is 0 Å². The largest absolute Gasteiger partial charge is 0.478 e. The van der Waals surface area contributed by atoms with Crippen LogP contribution in [0.4, 0.5) is 0 Å². The molecule has 0 radical (unpaired) electrons. The molecule has 3 rings (SSSR count). The van der Waals surface area contributed by atoms with Crippen molar-refractivity contribution in [3.05, 3.63) is 59.7 Å². The van der Waals surface area contributed by atoms with Crippen molar-refractivity contribution in [2.75, 3.05) is 0 Å². The van der Waals surface area contributed by atoms with Crippen LogP contribution in [0.2, 0.25) is 0 Å². The summed E-state index contributed by atoms with van der Waals surface area (Å²) >= 11 is 0. The van der Waals surface area contributed by atoms with Gasteiger partial charge in [-0.1, -0.05) is 24.3 Å². The Hall–Kier alpha value is -2.55. The zero-order valence-electron chi connectivity index (χ0n) is 10.4. The maximum Gasteiger partial charge on any atom is 0.335 e. The molecule has 3 heteroatoms. The second-order valence-electron chi connectivity index (χ2n) is 4.53. The molecule has 1 aromatic heterocycles. The minimum Gasteiger partial charge on any atom is -0.478 e. The van der Waals surface area contributed by atoms with Crippen LogP contribution >= 0.6 is 0 Å². The highest BCUT2D eigenvalue weighted by Gasteiger charge is 2.08. The Morgan fingerprint density at radius 1 is 1.05 bits per heavy atom. The molecule has 0 spiro atoms. The van der Waals surface area contributed by atoms with E-state index in [4.69, 9.17) is 9.52 Å². The molecule has 0 amide bonds. The summed E-state index contributed by atoms with van der Waals surface area (Å²) in [5, 5.41) is 9.91. The van der Waals surface area contributed by atoms with Crippen molar-refractivity contribution in [2.24, 2.45) is 0 Å². The van der Waals surface area contributed by atoms with Crippen molar-refractivity contribution < 1.29 is 14.3 Å². The predicted molar refractivity (Wildman–Crippen MR) is 73.3 cm³/mol. The van der Waals surface area contributed by atoms with Gasteiger partial charge in [0.25, 0.3) is 0 Å². The van der Waals surface area contributed by atoms with Gasteiger partial charge in [0.1, 0.15) is 11.3 Å². The molecule has 0 atom stereocenters. The lowest BCUT2D eigenvalue weighted by Crippen LogP contribution is -1.94. The molecule has 3 aromatic rings. The summed E-state index contributed by atoms with van der Waals surface area (Å²) in [6.07, 6.45) is 0. The van der Waals surface area contributed by atoms with Gasteiger partial charge < -0.3 is 9.52 Å². The molecular formula is C16H12O3. The van der Waals surface area contributed by atoms with Crippen LogP contribution in [0.3, 0.4) is 0 Å². The molecule has 3 nitrogen and oxygen atoms in total. The highest BCUT2D eigenvalue weighted by atomic mass is 16.4. The molecule has 1 N–H and O–H groups in total. The van der Waals surface area contributed by atoms with E-state index in [1.165, 1.54) is 0 Å². The Morgan fingerprint density at radius 3 is 2.47 bits per heavy atom. The normalized spacial score (nSPS) is 10.8. The van der Waals surface area contributed by atoms with Crippen molar-refractivity contribution in [3.63, 3.8) is 0 Å². The van der Waals surface area contributed by atoms with Crippen LogP contribution in [-0.4, -0.2) is 11.1 Å². The summed E-state index contributed by atoms with van der Waals surface area (Å²) in [7, 11) is 0. The average molecular weight is 252 g/mol. The van der Waals surface area contributed by atoms with Gasteiger partial charge in [0.05, 0.1) is 5.56 Å². The topological polar surface area (TPSA) is 50.4 Å². The van der Waals surface area contributed by atoms with Gasteiger partial charge in [-0.25, -0.2) is 4.79 Å². The summed E-state index contributed by atoms with van der Waals surface area (Å²) in [5.74, 6) is -0.177. The summed E-state index contributed by atoms with van der Waals surface area (Å²) in [4.78, 5) is 10.8. The van der Waals surface area contributed by atoms with E-state index in [2.05, 4.69) is 0 Å². The van der Waals surface area contributed by atoms with Gasteiger partial charge in [-0.2, -0.15) is 0 Å². The second kappa shape index (κ2) is 4.28. The Labute approximate surface area is 110 Å². The fraction of sp³-hybridized carbons (Fsp3) is 0.0625. The molecule has 94 valence electrons. The first-order valence-electron chi connectivity index (χ1n) is 5.97. The number of furan rings is 1. The summed E-state index contributed by atoms with van der Waals surface area (Å²) in [6, 6.07) is 14.7. The molecule has 1 heterocycles. The molecule has 0 aliphatic heterocycles. The molecule has 19 heavy (non-hydrogen) atoms. The van der Waals surface area contributed by atoms with E-state index in [1.54, 1.807) is 24.3 Å². The van der Waals surface area contributed by atoms with E-state index >= 15 is 0 Å². The average Bonchev–Trinajstić information content (AvgIpc) is 2.81. The van der Waals surface area contributed by atoms with Crippen molar-refractivity contribution in [2.45, 2.75) is 6.92 Å². The molecule has 0 fully saturated rings. The van der Waals surface area contributed by atoms with Gasteiger partial charge in [-0.3, -0.25) is 0 Å². The molecule has 0 bridgehead atoms. The molecular weight excluding hydrogens is 240 g/mol. The minimum absolute atomic E-state index is 0.274. The number of aryl methyl sites for hydroxylation is 1. The van der Waals surface area contributed by atoms with Gasteiger partial charge in [-0.15, -0.1) is 0 Å². The van der Waals surface area contributed by atoms with Gasteiger partial charge in [0.15, 0.2) is 0 Å². The lowest BCUT2D eigenvalue weighted by molar-refractivity contribution is 0.0697.